The number of nitrogen functional groups attached to an aromatic ring is 1. The molecule has 1 aromatic carbocycles. The van der Waals surface area contributed by atoms with Crippen molar-refractivity contribution in [3.63, 3.8) is 0 Å². The van der Waals surface area contributed by atoms with Crippen LogP contribution in [0, 0.1) is 5.41 Å². The summed E-state index contributed by atoms with van der Waals surface area (Å²) >= 11 is 0. The van der Waals surface area contributed by atoms with Crippen molar-refractivity contribution in [2.24, 2.45) is 5.41 Å². The van der Waals surface area contributed by atoms with Gasteiger partial charge in [-0.15, -0.1) is 0 Å². The highest BCUT2D eigenvalue weighted by Gasteiger charge is 2.35. The van der Waals surface area contributed by atoms with E-state index in [4.69, 9.17) is 15.2 Å². The predicted molar refractivity (Wildman–Crippen MR) is 85.6 cm³/mol. The van der Waals surface area contributed by atoms with E-state index in [1.807, 2.05) is 0 Å². The lowest BCUT2D eigenvalue weighted by molar-refractivity contribution is -0.137. The molecule has 0 atom stereocenters. The molecule has 1 saturated heterocycles. The minimum absolute atomic E-state index is 0.0155. The van der Waals surface area contributed by atoms with E-state index >= 15 is 0 Å². The number of benzene rings is 1. The summed E-state index contributed by atoms with van der Waals surface area (Å²) < 4.78 is 48.8. The van der Waals surface area contributed by atoms with Gasteiger partial charge < -0.3 is 20.5 Å². The van der Waals surface area contributed by atoms with Gasteiger partial charge in [0.2, 0.25) is 5.95 Å². The van der Waals surface area contributed by atoms with Gasteiger partial charge >= 0.3 is 6.18 Å². The Labute approximate surface area is 142 Å². The number of rotatable bonds is 5. The van der Waals surface area contributed by atoms with E-state index in [-0.39, 0.29) is 11.4 Å². The molecule has 1 aliphatic heterocycles. The van der Waals surface area contributed by atoms with E-state index < -0.39 is 17.6 Å². The van der Waals surface area contributed by atoms with Gasteiger partial charge in [0.25, 0.3) is 0 Å². The van der Waals surface area contributed by atoms with E-state index in [1.165, 1.54) is 0 Å². The summed E-state index contributed by atoms with van der Waals surface area (Å²) in [7, 11) is 0. The molecule has 2 aromatic rings. The van der Waals surface area contributed by atoms with Crippen LogP contribution in [-0.4, -0.2) is 29.8 Å². The van der Waals surface area contributed by atoms with Crippen LogP contribution in [-0.2, 0) is 10.9 Å². The molecule has 1 aliphatic rings. The smallest absolute Gasteiger partial charge is 0.421 e. The maximum atomic E-state index is 12.6. The van der Waals surface area contributed by atoms with Crippen LogP contribution < -0.4 is 15.8 Å². The number of nitrogens with one attached hydrogen (secondary N) is 1. The van der Waals surface area contributed by atoms with E-state index in [0.29, 0.717) is 37.5 Å². The van der Waals surface area contributed by atoms with Crippen molar-refractivity contribution >= 4 is 17.5 Å². The fraction of sp³-hybridized carbons (Fsp3) is 0.375. The molecule has 0 amide bonds. The number of halogens is 3. The Morgan fingerprint density at radius 1 is 1.28 bits per heavy atom. The van der Waals surface area contributed by atoms with Crippen molar-refractivity contribution in [2.75, 3.05) is 30.9 Å². The van der Waals surface area contributed by atoms with Crippen molar-refractivity contribution < 1.29 is 22.6 Å². The Bertz CT molecular complexity index is 746. The average molecular weight is 354 g/mol. The lowest BCUT2D eigenvalue weighted by Crippen LogP contribution is -2.44. The standard InChI is InChI=1S/C16H17F3N4O2/c1-15(7-24-8-15)9-25-11-4-2-10(3-5-11)22-14-21-6-12(13(20)23-14)16(17,18)19/h2-6H,7-9H2,1H3,(H3,20,21,22,23). The number of aromatic nitrogens is 2. The average Bonchev–Trinajstić information content (AvgIpc) is 2.51. The molecule has 1 fully saturated rings. The molecule has 0 unspecified atom stereocenters. The summed E-state index contributed by atoms with van der Waals surface area (Å²) in [5, 5.41) is 2.80. The largest absolute Gasteiger partial charge is 0.493 e. The molecule has 9 heteroatoms. The fourth-order valence-electron chi connectivity index (χ4n) is 2.23. The highest BCUT2D eigenvalue weighted by molar-refractivity contribution is 5.56. The van der Waals surface area contributed by atoms with Crippen LogP contribution in [0.5, 0.6) is 5.75 Å². The van der Waals surface area contributed by atoms with Crippen LogP contribution in [0.15, 0.2) is 30.5 Å². The Balaban J connectivity index is 1.62. The van der Waals surface area contributed by atoms with Gasteiger partial charge in [-0.1, -0.05) is 6.92 Å². The summed E-state index contributed by atoms with van der Waals surface area (Å²) in [5.41, 5.74) is 4.93. The normalized spacial score (nSPS) is 16.2. The van der Waals surface area contributed by atoms with Crippen LogP contribution in [0.4, 0.5) is 30.6 Å². The quantitative estimate of drug-likeness (QED) is 0.858. The summed E-state index contributed by atoms with van der Waals surface area (Å²) in [4.78, 5) is 7.28. The Morgan fingerprint density at radius 3 is 2.48 bits per heavy atom. The number of hydrogen-bond acceptors (Lipinski definition) is 6. The minimum Gasteiger partial charge on any atom is -0.493 e. The molecule has 0 bridgehead atoms. The first-order chi connectivity index (χ1) is 11.8. The molecule has 6 nitrogen and oxygen atoms in total. The Hall–Kier alpha value is -2.55. The van der Waals surface area contributed by atoms with Gasteiger partial charge in [0.1, 0.15) is 17.1 Å². The molecule has 0 spiro atoms. The van der Waals surface area contributed by atoms with Crippen LogP contribution in [0.2, 0.25) is 0 Å². The molecule has 3 N–H and O–H groups in total. The Morgan fingerprint density at radius 2 is 1.96 bits per heavy atom. The van der Waals surface area contributed by atoms with Crippen molar-refractivity contribution in [1.82, 2.24) is 9.97 Å². The van der Waals surface area contributed by atoms with Gasteiger partial charge in [-0.25, -0.2) is 4.98 Å². The summed E-state index contributed by atoms with van der Waals surface area (Å²) in [6.45, 7) is 4.00. The molecule has 0 saturated carbocycles. The Kier molecular flexibility index (Phi) is 4.42. The molecule has 2 heterocycles. The number of ether oxygens (including phenoxy) is 2. The maximum Gasteiger partial charge on any atom is 0.421 e. The van der Waals surface area contributed by atoms with Gasteiger partial charge in [-0.3, -0.25) is 0 Å². The molecule has 0 aliphatic carbocycles. The van der Waals surface area contributed by atoms with Crippen molar-refractivity contribution in [3.8, 4) is 5.75 Å². The second-order valence-corrected chi connectivity index (χ2v) is 6.23. The van der Waals surface area contributed by atoms with Crippen molar-refractivity contribution in [1.29, 1.82) is 0 Å². The number of hydrogen-bond donors (Lipinski definition) is 2. The zero-order valence-electron chi connectivity index (χ0n) is 13.4. The molecule has 1 aromatic heterocycles. The zero-order chi connectivity index (χ0) is 18.1. The molecular formula is C16H17F3N4O2. The second-order valence-electron chi connectivity index (χ2n) is 6.23. The molecule has 3 rings (SSSR count). The lowest BCUT2D eigenvalue weighted by Gasteiger charge is -2.37. The first-order valence-electron chi connectivity index (χ1n) is 7.53. The SMILES string of the molecule is CC1(COc2ccc(Nc3ncc(C(F)(F)F)c(N)n3)cc2)COC1. The molecule has 25 heavy (non-hydrogen) atoms. The predicted octanol–water partition coefficient (Wildman–Crippen LogP) is 3.24. The summed E-state index contributed by atoms with van der Waals surface area (Å²) in [5.74, 6) is 0.0470. The van der Waals surface area contributed by atoms with Gasteiger partial charge in [-0.05, 0) is 24.3 Å². The summed E-state index contributed by atoms with van der Waals surface area (Å²) in [6.07, 6.45) is -3.92. The van der Waals surface area contributed by atoms with Crippen LogP contribution in [0.3, 0.4) is 0 Å². The maximum absolute atomic E-state index is 12.6. The van der Waals surface area contributed by atoms with E-state index in [1.54, 1.807) is 24.3 Å². The number of nitrogens with zero attached hydrogens (tertiary/aromatic N) is 2. The number of anilines is 3. The fourth-order valence-corrected chi connectivity index (χ4v) is 2.23. The van der Waals surface area contributed by atoms with Gasteiger partial charge in [0.05, 0.1) is 19.8 Å². The third kappa shape index (κ3) is 4.11. The summed E-state index contributed by atoms with van der Waals surface area (Å²) in [6, 6.07) is 6.93. The van der Waals surface area contributed by atoms with Crippen LogP contribution >= 0.6 is 0 Å². The van der Waals surface area contributed by atoms with Gasteiger partial charge in [-0.2, -0.15) is 18.2 Å². The van der Waals surface area contributed by atoms with Gasteiger partial charge in [0.15, 0.2) is 0 Å². The number of nitrogens with two attached hydrogens (primary N) is 1. The zero-order valence-corrected chi connectivity index (χ0v) is 13.4. The van der Waals surface area contributed by atoms with E-state index in [0.717, 1.165) is 0 Å². The lowest BCUT2D eigenvalue weighted by atomic mass is 9.90. The van der Waals surface area contributed by atoms with Crippen molar-refractivity contribution in [3.05, 3.63) is 36.0 Å². The first kappa shape index (κ1) is 17.3. The van der Waals surface area contributed by atoms with Crippen LogP contribution in [0.25, 0.3) is 0 Å². The van der Waals surface area contributed by atoms with Crippen molar-refractivity contribution in [2.45, 2.75) is 13.1 Å². The molecule has 134 valence electrons. The third-order valence-corrected chi connectivity index (χ3v) is 3.72. The van der Waals surface area contributed by atoms with E-state index in [9.17, 15) is 13.2 Å². The minimum atomic E-state index is -4.58. The second kappa shape index (κ2) is 6.40. The topological polar surface area (TPSA) is 82.3 Å². The highest BCUT2D eigenvalue weighted by atomic mass is 19.4. The molecule has 0 radical (unpaired) electrons. The number of alkyl halides is 3. The van der Waals surface area contributed by atoms with Gasteiger partial charge in [0, 0.05) is 17.3 Å². The monoisotopic (exact) mass is 354 g/mol. The van der Waals surface area contributed by atoms with Crippen LogP contribution in [0.1, 0.15) is 12.5 Å². The first-order valence-corrected chi connectivity index (χ1v) is 7.53. The third-order valence-electron chi connectivity index (χ3n) is 3.72. The molecular weight excluding hydrogens is 337 g/mol. The highest BCUT2D eigenvalue weighted by Crippen LogP contribution is 2.32. The van der Waals surface area contributed by atoms with E-state index in [2.05, 4.69) is 22.2 Å².